The SMILES string of the molecule is C=C(/C=C\c1ncc(Cc2ccc3ncccc3c2)n1N)c1ccc(OC)cc1. The molecule has 5 nitrogen and oxygen atoms in total. The van der Waals surface area contributed by atoms with Crippen LogP contribution >= 0.6 is 0 Å². The second-order valence-corrected chi connectivity index (χ2v) is 6.77. The summed E-state index contributed by atoms with van der Waals surface area (Å²) in [5.74, 6) is 7.77. The highest BCUT2D eigenvalue weighted by Crippen LogP contribution is 2.20. The highest BCUT2D eigenvalue weighted by Gasteiger charge is 2.07. The Morgan fingerprint density at radius 2 is 1.97 bits per heavy atom. The summed E-state index contributed by atoms with van der Waals surface area (Å²) in [6.07, 6.45) is 8.10. The first kappa shape index (κ1) is 18.5. The van der Waals surface area contributed by atoms with Gasteiger partial charge < -0.3 is 10.6 Å². The first-order chi connectivity index (χ1) is 14.1. The summed E-state index contributed by atoms with van der Waals surface area (Å²) in [6.45, 7) is 4.12. The molecule has 5 heteroatoms. The maximum Gasteiger partial charge on any atom is 0.151 e. The number of aromatic nitrogens is 3. The first-order valence-electron chi connectivity index (χ1n) is 9.31. The normalized spacial score (nSPS) is 11.2. The number of imidazole rings is 1. The quantitative estimate of drug-likeness (QED) is 0.395. The van der Waals surface area contributed by atoms with Gasteiger partial charge >= 0.3 is 0 Å². The second kappa shape index (κ2) is 8.02. The van der Waals surface area contributed by atoms with Gasteiger partial charge in [0.1, 0.15) is 5.75 Å². The van der Waals surface area contributed by atoms with Gasteiger partial charge in [0.2, 0.25) is 0 Å². The Bertz CT molecular complexity index is 1190. The van der Waals surface area contributed by atoms with E-state index in [1.165, 1.54) is 0 Å². The van der Waals surface area contributed by atoms with Gasteiger partial charge in [0.05, 0.1) is 24.5 Å². The highest BCUT2D eigenvalue weighted by molar-refractivity contribution is 5.79. The van der Waals surface area contributed by atoms with Crippen LogP contribution in [0.4, 0.5) is 0 Å². The molecule has 0 unspecified atom stereocenters. The Morgan fingerprint density at radius 3 is 2.76 bits per heavy atom. The summed E-state index contributed by atoms with van der Waals surface area (Å²) in [7, 11) is 1.65. The number of benzene rings is 2. The number of nitrogens with two attached hydrogens (primary N) is 1. The lowest BCUT2D eigenvalue weighted by atomic mass is 10.1. The molecule has 0 aliphatic rings. The van der Waals surface area contributed by atoms with Gasteiger partial charge in [0.25, 0.3) is 0 Å². The van der Waals surface area contributed by atoms with E-state index in [0.29, 0.717) is 12.2 Å². The molecule has 2 aromatic heterocycles. The van der Waals surface area contributed by atoms with E-state index in [2.05, 4.69) is 34.7 Å². The van der Waals surface area contributed by atoms with Gasteiger partial charge in [-0.1, -0.05) is 36.9 Å². The minimum atomic E-state index is 0.678. The van der Waals surface area contributed by atoms with Gasteiger partial charge in [-0.25, -0.2) is 9.66 Å². The summed E-state index contributed by atoms with van der Waals surface area (Å²) in [4.78, 5) is 8.80. The average molecular weight is 382 g/mol. The third kappa shape index (κ3) is 4.04. The standard InChI is InChI=1S/C24H22N4O/c1-17(19-7-9-22(29-2)10-8-19)5-12-24-27-16-21(28(24)25)15-18-6-11-23-20(14-18)4-3-13-26-23/h3-14,16H,1,15,25H2,2H3/b12-5-. The molecular formula is C24H22N4O. The van der Waals surface area contributed by atoms with E-state index in [1.807, 2.05) is 54.7 Å². The van der Waals surface area contributed by atoms with Gasteiger partial charge in [-0.05, 0) is 53.1 Å². The fourth-order valence-electron chi connectivity index (χ4n) is 3.19. The van der Waals surface area contributed by atoms with Crippen LogP contribution in [-0.2, 0) is 6.42 Å². The Morgan fingerprint density at radius 1 is 1.14 bits per heavy atom. The Hall–Kier alpha value is -3.86. The van der Waals surface area contributed by atoms with Crippen molar-refractivity contribution >= 4 is 22.6 Å². The van der Waals surface area contributed by atoms with E-state index in [4.69, 9.17) is 10.6 Å². The van der Waals surface area contributed by atoms with Crippen LogP contribution in [0.2, 0.25) is 0 Å². The molecule has 0 atom stereocenters. The minimum absolute atomic E-state index is 0.678. The molecule has 144 valence electrons. The number of fused-ring (bicyclic) bond motifs is 1. The third-order valence-electron chi connectivity index (χ3n) is 4.85. The highest BCUT2D eigenvalue weighted by atomic mass is 16.5. The zero-order valence-corrected chi connectivity index (χ0v) is 16.2. The molecule has 0 amide bonds. The molecule has 0 radical (unpaired) electrons. The van der Waals surface area contributed by atoms with Gasteiger partial charge in [0.15, 0.2) is 5.82 Å². The van der Waals surface area contributed by atoms with Crippen molar-refractivity contribution in [3.05, 3.63) is 102 Å². The second-order valence-electron chi connectivity index (χ2n) is 6.77. The fraction of sp³-hybridized carbons (Fsp3) is 0.0833. The summed E-state index contributed by atoms with van der Waals surface area (Å²) in [6, 6.07) is 18.0. The fourth-order valence-corrected chi connectivity index (χ4v) is 3.19. The van der Waals surface area contributed by atoms with E-state index < -0.39 is 0 Å². The number of pyridine rings is 1. The zero-order chi connectivity index (χ0) is 20.2. The van der Waals surface area contributed by atoms with Crippen molar-refractivity contribution in [2.24, 2.45) is 0 Å². The molecule has 0 aliphatic carbocycles. The molecule has 2 N–H and O–H groups in total. The monoisotopic (exact) mass is 382 g/mol. The molecule has 0 spiro atoms. The van der Waals surface area contributed by atoms with E-state index >= 15 is 0 Å². The van der Waals surface area contributed by atoms with Gasteiger partial charge in [-0.15, -0.1) is 0 Å². The predicted octanol–water partition coefficient (Wildman–Crippen LogP) is 4.47. The van der Waals surface area contributed by atoms with Crippen molar-refractivity contribution in [3.8, 4) is 5.75 Å². The van der Waals surface area contributed by atoms with E-state index in [1.54, 1.807) is 18.0 Å². The van der Waals surface area contributed by atoms with Gasteiger partial charge in [-0.3, -0.25) is 4.98 Å². The lowest BCUT2D eigenvalue weighted by Gasteiger charge is -2.06. The zero-order valence-electron chi connectivity index (χ0n) is 16.2. The van der Waals surface area contributed by atoms with Crippen molar-refractivity contribution in [1.82, 2.24) is 14.6 Å². The van der Waals surface area contributed by atoms with E-state index in [-0.39, 0.29) is 0 Å². The van der Waals surface area contributed by atoms with Crippen LogP contribution in [0.3, 0.4) is 0 Å². The molecule has 0 aliphatic heterocycles. The molecule has 29 heavy (non-hydrogen) atoms. The number of allylic oxidation sites excluding steroid dienone is 2. The van der Waals surface area contributed by atoms with Crippen LogP contribution in [0.1, 0.15) is 22.6 Å². The Labute approximate surface area is 169 Å². The third-order valence-corrected chi connectivity index (χ3v) is 4.85. The summed E-state index contributed by atoms with van der Waals surface area (Å²) in [5.41, 5.74) is 4.97. The molecule has 0 fully saturated rings. The van der Waals surface area contributed by atoms with Crippen LogP contribution in [0.15, 0.2) is 79.6 Å². The molecule has 4 aromatic rings. The minimum Gasteiger partial charge on any atom is -0.497 e. The predicted molar refractivity (Wildman–Crippen MR) is 118 cm³/mol. The van der Waals surface area contributed by atoms with E-state index in [0.717, 1.165) is 39.0 Å². The number of hydrogen-bond donors (Lipinski definition) is 1. The molecule has 0 saturated carbocycles. The Balaban J connectivity index is 1.49. The summed E-state index contributed by atoms with van der Waals surface area (Å²) >= 11 is 0. The summed E-state index contributed by atoms with van der Waals surface area (Å²) < 4.78 is 6.80. The van der Waals surface area contributed by atoms with E-state index in [9.17, 15) is 0 Å². The molecule has 2 aromatic carbocycles. The van der Waals surface area contributed by atoms with Crippen LogP contribution in [0.25, 0.3) is 22.6 Å². The van der Waals surface area contributed by atoms with Crippen molar-refractivity contribution in [1.29, 1.82) is 0 Å². The van der Waals surface area contributed by atoms with Gasteiger partial charge in [-0.2, -0.15) is 0 Å². The lowest BCUT2D eigenvalue weighted by Crippen LogP contribution is -2.14. The van der Waals surface area contributed by atoms with Crippen molar-refractivity contribution in [3.63, 3.8) is 0 Å². The number of nitrogen functional groups attached to an aromatic ring is 1. The summed E-state index contributed by atoms with van der Waals surface area (Å²) in [5, 5.41) is 1.11. The largest absolute Gasteiger partial charge is 0.497 e. The molecule has 0 saturated heterocycles. The number of nitrogens with zero attached hydrogens (tertiary/aromatic N) is 3. The molecular weight excluding hydrogens is 360 g/mol. The van der Waals surface area contributed by atoms with Crippen molar-refractivity contribution < 1.29 is 4.74 Å². The first-order valence-corrected chi connectivity index (χ1v) is 9.31. The van der Waals surface area contributed by atoms with Crippen LogP contribution in [0.5, 0.6) is 5.75 Å². The molecule has 2 heterocycles. The van der Waals surface area contributed by atoms with Crippen LogP contribution in [-0.4, -0.2) is 21.8 Å². The van der Waals surface area contributed by atoms with Gasteiger partial charge in [0, 0.05) is 18.0 Å². The Kier molecular flexibility index (Phi) is 5.12. The number of hydrogen-bond acceptors (Lipinski definition) is 4. The number of ether oxygens (including phenoxy) is 1. The number of rotatable bonds is 6. The van der Waals surface area contributed by atoms with Crippen LogP contribution < -0.4 is 10.6 Å². The maximum absolute atomic E-state index is 6.27. The van der Waals surface area contributed by atoms with Crippen molar-refractivity contribution in [2.75, 3.05) is 13.0 Å². The smallest absolute Gasteiger partial charge is 0.151 e. The number of methoxy groups -OCH3 is 1. The topological polar surface area (TPSA) is 66.0 Å². The van der Waals surface area contributed by atoms with Crippen molar-refractivity contribution in [2.45, 2.75) is 6.42 Å². The molecule has 0 bridgehead atoms. The lowest BCUT2D eigenvalue weighted by molar-refractivity contribution is 0.415. The van der Waals surface area contributed by atoms with Crippen LogP contribution in [0, 0.1) is 0 Å². The molecule has 4 rings (SSSR count). The maximum atomic E-state index is 6.27. The average Bonchev–Trinajstić information content (AvgIpc) is 3.11.